The molecule has 9 heteroatoms. The third kappa shape index (κ3) is 6.62. The molecule has 2 aromatic carbocycles. The van der Waals surface area contributed by atoms with Gasteiger partial charge in [-0.3, -0.25) is 4.79 Å². The van der Waals surface area contributed by atoms with Crippen molar-refractivity contribution in [2.75, 3.05) is 20.3 Å². The fraction of sp³-hybridized carbons (Fsp3) is 0.350. The summed E-state index contributed by atoms with van der Waals surface area (Å²) in [4.78, 5) is 12.2. The maximum atomic E-state index is 12.2. The monoisotopic (exact) mass is 440 g/mol. The van der Waals surface area contributed by atoms with Crippen LogP contribution in [0.3, 0.4) is 0 Å². The number of hydrogen-bond acceptors (Lipinski definition) is 5. The molecule has 2 N–H and O–H groups in total. The predicted octanol–water partition coefficient (Wildman–Crippen LogP) is 3.29. The van der Waals surface area contributed by atoms with E-state index in [4.69, 9.17) is 21.1 Å². The smallest absolute Gasteiger partial charge is 0.258 e. The summed E-state index contributed by atoms with van der Waals surface area (Å²) < 4.78 is 37.3. The van der Waals surface area contributed by atoms with Gasteiger partial charge >= 0.3 is 0 Å². The average Bonchev–Trinajstić information content (AvgIpc) is 2.71. The minimum absolute atomic E-state index is 0.0425. The molecule has 0 unspecified atom stereocenters. The quantitative estimate of drug-likeness (QED) is 0.591. The second-order valence-corrected chi connectivity index (χ2v) is 8.52. The van der Waals surface area contributed by atoms with E-state index in [1.807, 2.05) is 38.1 Å². The molecule has 0 aliphatic carbocycles. The second-order valence-electron chi connectivity index (χ2n) is 6.34. The lowest BCUT2D eigenvalue weighted by Gasteiger charge is -2.15. The second kappa shape index (κ2) is 10.5. The SMILES string of the molecule is CCCNS(=O)(=O)c1ccc(OCC(=O)N[C@H](C)c2ccc(OC)cc2)c(Cl)c1. The van der Waals surface area contributed by atoms with Crippen LogP contribution in [-0.4, -0.2) is 34.6 Å². The van der Waals surface area contributed by atoms with Gasteiger partial charge in [-0.1, -0.05) is 30.7 Å². The minimum Gasteiger partial charge on any atom is -0.497 e. The van der Waals surface area contributed by atoms with Gasteiger partial charge in [-0.05, 0) is 49.2 Å². The molecule has 2 rings (SSSR count). The molecule has 29 heavy (non-hydrogen) atoms. The van der Waals surface area contributed by atoms with Crippen molar-refractivity contribution in [3.05, 3.63) is 53.1 Å². The van der Waals surface area contributed by atoms with Gasteiger partial charge in [0.1, 0.15) is 11.5 Å². The van der Waals surface area contributed by atoms with Gasteiger partial charge in [-0.2, -0.15) is 0 Å². The van der Waals surface area contributed by atoms with Gasteiger partial charge < -0.3 is 14.8 Å². The number of sulfonamides is 1. The molecule has 158 valence electrons. The molecular formula is C20H25ClN2O5S. The summed E-state index contributed by atoms with van der Waals surface area (Å²) in [6.07, 6.45) is 0.679. The van der Waals surface area contributed by atoms with Crippen LogP contribution in [0.4, 0.5) is 0 Å². The van der Waals surface area contributed by atoms with Crippen molar-refractivity contribution in [3.63, 3.8) is 0 Å². The highest BCUT2D eigenvalue weighted by atomic mass is 35.5. The lowest BCUT2D eigenvalue weighted by Crippen LogP contribution is -2.31. The summed E-state index contributed by atoms with van der Waals surface area (Å²) in [5.41, 5.74) is 0.923. The standard InChI is InChI=1S/C20H25ClN2O5S/c1-4-11-22-29(25,26)17-9-10-19(18(21)12-17)28-13-20(24)23-14(2)15-5-7-16(27-3)8-6-15/h5-10,12,14,22H,4,11,13H2,1-3H3,(H,23,24)/t14-/m1/s1. The van der Waals surface area contributed by atoms with Crippen molar-refractivity contribution < 1.29 is 22.7 Å². The van der Waals surface area contributed by atoms with Crippen LogP contribution in [0.1, 0.15) is 31.9 Å². The van der Waals surface area contributed by atoms with Gasteiger partial charge in [-0.15, -0.1) is 0 Å². The van der Waals surface area contributed by atoms with E-state index >= 15 is 0 Å². The van der Waals surface area contributed by atoms with E-state index in [1.165, 1.54) is 18.2 Å². The summed E-state index contributed by atoms with van der Waals surface area (Å²) in [5.74, 6) is 0.639. The van der Waals surface area contributed by atoms with Crippen molar-refractivity contribution >= 4 is 27.5 Å². The Morgan fingerprint density at radius 1 is 1.17 bits per heavy atom. The molecular weight excluding hydrogens is 416 g/mol. The van der Waals surface area contributed by atoms with Gasteiger partial charge in [0.2, 0.25) is 10.0 Å². The molecule has 0 heterocycles. The van der Waals surface area contributed by atoms with Gasteiger partial charge in [0.25, 0.3) is 5.91 Å². The first kappa shape index (κ1) is 23.0. The third-order valence-corrected chi connectivity index (χ3v) is 5.86. The number of amides is 1. The molecule has 0 aromatic heterocycles. The van der Waals surface area contributed by atoms with Crippen molar-refractivity contribution in [3.8, 4) is 11.5 Å². The zero-order valence-electron chi connectivity index (χ0n) is 16.6. The number of methoxy groups -OCH3 is 1. The van der Waals surface area contributed by atoms with Crippen molar-refractivity contribution in [1.29, 1.82) is 0 Å². The van der Waals surface area contributed by atoms with Crippen LogP contribution in [0.15, 0.2) is 47.4 Å². The van der Waals surface area contributed by atoms with Gasteiger partial charge in [0, 0.05) is 6.54 Å². The molecule has 1 atom stereocenters. The number of nitrogens with one attached hydrogen (secondary N) is 2. The first-order valence-electron chi connectivity index (χ1n) is 9.12. The topological polar surface area (TPSA) is 93.7 Å². The Kier molecular flexibility index (Phi) is 8.31. The summed E-state index contributed by atoms with van der Waals surface area (Å²) >= 11 is 6.12. The Hall–Kier alpha value is -2.29. The van der Waals surface area contributed by atoms with Crippen LogP contribution < -0.4 is 19.5 Å². The molecule has 1 amide bonds. The Labute approximate surface area is 176 Å². The largest absolute Gasteiger partial charge is 0.497 e. The maximum absolute atomic E-state index is 12.2. The lowest BCUT2D eigenvalue weighted by atomic mass is 10.1. The maximum Gasteiger partial charge on any atom is 0.258 e. The molecule has 0 fully saturated rings. The van der Waals surface area contributed by atoms with E-state index in [0.717, 1.165) is 11.3 Å². The first-order chi connectivity index (χ1) is 13.8. The van der Waals surface area contributed by atoms with Crippen LogP contribution in [0.2, 0.25) is 5.02 Å². The van der Waals surface area contributed by atoms with Crippen LogP contribution >= 0.6 is 11.6 Å². The number of carbonyl (C=O) groups excluding carboxylic acids is 1. The van der Waals surface area contributed by atoms with Gasteiger partial charge in [0.05, 0.1) is 23.1 Å². The predicted molar refractivity (Wildman–Crippen MR) is 112 cm³/mol. The van der Waals surface area contributed by atoms with Crippen LogP contribution in [0.5, 0.6) is 11.5 Å². The summed E-state index contributed by atoms with van der Waals surface area (Å²) in [6.45, 7) is 3.81. The Morgan fingerprint density at radius 2 is 1.86 bits per heavy atom. The molecule has 0 aliphatic heterocycles. The molecule has 0 saturated heterocycles. The molecule has 0 saturated carbocycles. The number of ether oxygens (including phenoxy) is 2. The fourth-order valence-electron chi connectivity index (χ4n) is 2.49. The highest BCUT2D eigenvalue weighted by molar-refractivity contribution is 7.89. The molecule has 0 radical (unpaired) electrons. The van der Waals surface area contributed by atoms with E-state index in [9.17, 15) is 13.2 Å². The number of hydrogen-bond donors (Lipinski definition) is 2. The average molecular weight is 441 g/mol. The van der Waals surface area contributed by atoms with Crippen molar-refractivity contribution in [2.45, 2.75) is 31.2 Å². The highest BCUT2D eigenvalue weighted by Crippen LogP contribution is 2.27. The molecule has 0 bridgehead atoms. The van der Waals surface area contributed by atoms with E-state index < -0.39 is 10.0 Å². The zero-order valence-corrected chi connectivity index (χ0v) is 18.1. The third-order valence-electron chi connectivity index (χ3n) is 4.11. The number of benzene rings is 2. The van der Waals surface area contributed by atoms with Gasteiger partial charge in [-0.25, -0.2) is 13.1 Å². The van der Waals surface area contributed by atoms with E-state index in [2.05, 4.69) is 10.0 Å². The number of carbonyl (C=O) groups is 1. The Bertz CT molecular complexity index is 932. The fourth-order valence-corrected chi connectivity index (χ4v) is 3.95. The van der Waals surface area contributed by atoms with Crippen LogP contribution in [0, 0.1) is 0 Å². The lowest BCUT2D eigenvalue weighted by molar-refractivity contribution is -0.123. The summed E-state index contributed by atoms with van der Waals surface area (Å²) in [5, 5.41) is 2.94. The van der Waals surface area contributed by atoms with Crippen LogP contribution in [-0.2, 0) is 14.8 Å². The normalized spacial score (nSPS) is 12.3. The van der Waals surface area contributed by atoms with E-state index in [1.54, 1.807) is 7.11 Å². The number of rotatable bonds is 10. The minimum atomic E-state index is -3.62. The van der Waals surface area contributed by atoms with E-state index in [-0.39, 0.29) is 34.2 Å². The summed E-state index contributed by atoms with van der Waals surface area (Å²) in [6, 6.07) is 11.3. The molecule has 2 aromatic rings. The summed E-state index contributed by atoms with van der Waals surface area (Å²) in [7, 11) is -2.03. The number of halogens is 1. The zero-order chi connectivity index (χ0) is 21.4. The van der Waals surface area contributed by atoms with Crippen molar-refractivity contribution in [2.24, 2.45) is 0 Å². The highest BCUT2D eigenvalue weighted by Gasteiger charge is 2.16. The van der Waals surface area contributed by atoms with E-state index in [0.29, 0.717) is 13.0 Å². The van der Waals surface area contributed by atoms with Gasteiger partial charge in [0.15, 0.2) is 6.61 Å². The van der Waals surface area contributed by atoms with Crippen LogP contribution in [0.25, 0.3) is 0 Å². The Balaban J connectivity index is 1.94. The first-order valence-corrected chi connectivity index (χ1v) is 11.0. The molecule has 7 nitrogen and oxygen atoms in total. The molecule has 0 spiro atoms. The Morgan fingerprint density at radius 3 is 2.45 bits per heavy atom. The molecule has 0 aliphatic rings. The van der Waals surface area contributed by atoms with Crippen molar-refractivity contribution in [1.82, 2.24) is 10.0 Å².